The third-order valence-electron chi connectivity index (χ3n) is 3.18. The van der Waals surface area contributed by atoms with Crippen LogP contribution < -0.4 is 0 Å². The molecule has 0 bridgehead atoms. The Morgan fingerprint density at radius 3 is 2.47 bits per heavy atom. The number of benzene rings is 1. The van der Waals surface area contributed by atoms with E-state index in [1.54, 1.807) is 12.5 Å². The van der Waals surface area contributed by atoms with Crippen molar-refractivity contribution in [2.45, 2.75) is 19.4 Å². The lowest BCUT2D eigenvalue weighted by atomic mass is 9.80. The van der Waals surface area contributed by atoms with E-state index in [9.17, 15) is 0 Å². The summed E-state index contributed by atoms with van der Waals surface area (Å²) in [5, 5.41) is 0. The van der Waals surface area contributed by atoms with Crippen molar-refractivity contribution in [1.29, 1.82) is 0 Å². The molecule has 1 heterocycles. The van der Waals surface area contributed by atoms with Crippen molar-refractivity contribution < 1.29 is 0 Å². The van der Waals surface area contributed by atoms with Gasteiger partial charge in [0.1, 0.15) is 5.54 Å². The van der Waals surface area contributed by atoms with Gasteiger partial charge < -0.3 is 4.57 Å². The lowest BCUT2D eigenvalue weighted by Crippen LogP contribution is -2.38. The summed E-state index contributed by atoms with van der Waals surface area (Å²) in [5.74, 6) is 3.24. The highest BCUT2D eigenvalue weighted by Gasteiger charge is 2.35. The standard InChI is InChI=1S/C15H16N2/c1-4-15(13(2)3,17-11-10-16-12-17)14-8-6-5-7-9-14/h1,5-13H,2-3H3. The molecular formula is C15H16N2. The maximum absolute atomic E-state index is 5.83. The van der Waals surface area contributed by atoms with E-state index in [0.717, 1.165) is 5.56 Å². The summed E-state index contributed by atoms with van der Waals surface area (Å²) in [7, 11) is 0. The third kappa shape index (κ3) is 1.74. The van der Waals surface area contributed by atoms with E-state index in [0.29, 0.717) is 0 Å². The quantitative estimate of drug-likeness (QED) is 0.733. The molecule has 2 aromatic rings. The largest absolute Gasteiger partial charge is 0.316 e. The van der Waals surface area contributed by atoms with Crippen LogP contribution >= 0.6 is 0 Å². The van der Waals surface area contributed by atoms with Crippen molar-refractivity contribution in [3.63, 3.8) is 0 Å². The fraction of sp³-hybridized carbons (Fsp3) is 0.267. The maximum atomic E-state index is 5.83. The van der Waals surface area contributed by atoms with Crippen LogP contribution in [0.4, 0.5) is 0 Å². The SMILES string of the molecule is C#CC(c1ccccc1)(C(C)C)n1ccnc1. The van der Waals surface area contributed by atoms with Crippen LogP contribution in [0.5, 0.6) is 0 Å². The van der Waals surface area contributed by atoms with Crippen molar-refractivity contribution in [3.8, 4) is 12.3 Å². The van der Waals surface area contributed by atoms with Crippen molar-refractivity contribution in [2.24, 2.45) is 5.92 Å². The Kier molecular flexibility index (Phi) is 3.01. The van der Waals surface area contributed by atoms with Crippen molar-refractivity contribution >= 4 is 0 Å². The van der Waals surface area contributed by atoms with Crippen LogP contribution in [0.1, 0.15) is 19.4 Å². The number of terminal acetylenes is 1. The molecule has 0 spiro atoms. The van der Waals surface area contributed by atoms with Crippen LogP contribution in [-0.4, -0.2) is 9.55 Å². The molecule has 86 valence electrons. The van der Waals surface area contributed by atoms with E-state index in [1.165, 1.54) is 0 Å². The third-order valence-corrected chi connectivity index (χ3v) is 3.18. The first-order valence-electron chi connectivity index (χ1n) is 5.73. The summed E-state index contributed by atoms with van der Waals surface area (Å²) in [6, 6.07) is 10.2. The van der Waals surface area contributed by atoms with Crippen molar-refractivity contribution in [1.82, 2.24) is 9.55 Å². The molecule has 1 aromatic heterocycles. The predicted octanol–water partition coefficient (Wildman–Crippen LogP) is 2.92. The molecular weight excluding hydrogens is 208 g/mol. The number of aromatic nitrogens is 2. The lowest BCUT2D eigenvalue weighted by Gasteiger charge is -2.34. The van der Waals surface area contributed by atoms with Crippen LogP contribution in [0.15, 0.2) is 49.1 Å². The molecule has 0 saturated carbocycles. The highest BCUT2D eigenvalue weighted by Crippen LogP contribution is 2.33. The van der Waals surface area contributed by atoms with Gasteiger partial charge in [0.15, 0.2) is 0 Å². The molecule has 0 saturated heterocycles. The Morgan fingerprint density at radius 1 is 1.29 bits per heavy atom. The van der Waals surface area contributed by atoms with Gasteiger partial charge in [0, 0.05) is 12.4 Å². The molecule has 0 N–H and O–H groups in total. The first-order chi connectivity index (χ1) is 8.21. The van der Waals surface area contributed by atoms with Gasteiger partial charge in [0.25, 0.3) is 0 Å². The Labute approximate surface area is 102 Å². The van der Waals surface area contributed by atoms with E-state index in [-0.39, 0.29) is 5.92 Å². The zero-order valence-corrected chi connectivity index (χ0v) is 10.2. The first kappa shape index (κ1) is 11.5. The Bertz CT molecular complexity index is 506. The molecule has 2 rings (SSSR count). The second-order valence-corrected chi connectivity index (χ2v) is 4.40. The molecule has 0 amide bonds. The monoisotopic (exact) mass is 224 g/mol. The minimum Gasteiger partial charge on any atom is -0.316 e. The maximum Gasteiger partial charge on any atom is 0.134 e. The fourth-order valence-corrected chi connectivity index (χ4v) is 2.27. The Balaban J connectivity index is 2.64. The van der Waals surface area contributed by atoms with Gasteiger partial charge in [-0.1, -0.05) is 50.1 Å². The highest BCUT2D eigenvalue weighted by molar-refractivity contribution is 5.35. The van der Waals surface area contributed by atoms with Gasteiger partial charge in [-0.3, -0.25) is 0 Å². The van der Waals surface area contributed by atoms with E-state index >= 15 is 0 Å². The zero-order chi connectivity index (χ0) is 12.3. The topological polar surface area (TPSA) is 17.8 Å². The molecule has 1 atom stereocenters. The summed E-state index contributed by atoms with van der Waals surface area (Å²) >= 11 is 0. The smallest absolute Gasteiger partial charge is 0.134 e. The number of nitrogens with zero attached hydrogens (tertiary/aromatic N) is 2. The van der Waals surface area contributed by atoms with Gasteiger partial charge in [-0.15, -0.1) is 6.42 Å². The number of rotatable bonds is 3. The second-order valence-electron chi connectivity index (χ2n) is 4.40. The second kappa shape index (κ2) is 4.47. The highest BCUT2D eigenvalue weighted by atomic mass is 15.1. The number of imidazole rings is 1. The van der Waals surface area contributed by atoms with Crippen molar-refractivity contribution in [3.05, 3.63) is 54.6 Å². The van der Waals surface area contributed by atoms with Crippen LogP contribution in [-0.2, 0) is 5.54 Å². The lowest BCUT2D eigenvalue weighted by molar-refractivity contribution is 0.340. The number of hydrogen-bond acceptors (Lipinski definition) is 1. The summed E-state index contributed by atoms with van der Waals surface area (Å²) in [6.45, 7) is 4.26. The molecule has 0 aliphatic rings. The van der Waals surface area contributed by atoms with E-state index in [1.807, 2.05) is 29.0 Å². The van der Waals surface area contributed by atoms with Crippen LogP contribution in [0.25, 0.3) is 0 Å². The zero-order valence-electron chi connectivity index (χ0n) is 10.2. The van der Waals surface area contributed by atoms with Gasteiger partial charge in [-0.05, 0) is 11.5 Å². The van der Waals surface area contributed by atoms with Crippen molar-refractivity contribution in [2.75, 3.05) is 0 Å². The molecule has 1 aromatic carbocycles. The van der Waals surface area contributed by atoms with E-state index in [2.05, 4.69) is 36.9 Å². The van der Waals surface area contributed by atoms with Gasteiger partial charge in [-0.2, -0.15) is 0 Å². The van der Waals surface area contributed by atoms with Crippen LogP contribution in [0, 0.1) is 18.3 Å². The van der Waals surface area contributed by atoms with Gasteiger partial charge in [-0.25, -0.2) is 4.98 Å². The summed E-state index contributed by atoms with van der Waals surface area (Å²) < 4.78 is 2.01. The van der Waals surface area contributed by atoms with Gasteiger partial charge in [0.2, 0.25) is 0 Å². The minimum atomic E-state index is -0.461. The molecule has 1 unspecified atom stereocenters. The van der Waals surface area contributed by atoms with E-state index in [4.69, 9.17) is 6.42 Å². The molecule has 0 radical (unpaired) electrons. The summed E-state index contributed by atoms with van der Waals surface area (Å²) in [5.41, 5.74) is 0.660. The summed E-state index contributed by atoms with van der Waals surface area (Å²) in [6.07, 6.45) is 11.3. The van der Waals surface area contributed by atoms with Crippen LogP contribution in [0.2, 0.25) is 0 Å². The molecule has 0 aliphatic heterocycles. The molecule has 0 aliphatic carbocycles. The number of hydrogen-bond donors (Lipinski definition) is 0. The Hall–Kier alpha value is -2.01. The molecule has 17 heavy (non-hydrogen) atoms. The van der Waals surface area contributed by atoms with Gasteiger partial charge >= 0.3 is 0 Å². The minimum absolute atomic E-state index is 0.282. The van der Waals surface area contributed by atoms with E-state index < -0.39 is 5.54 Å². The molecule has 2 heteroatoms. The average molecular weight is 224 g/mol. The predicted molar refractivity (Wildman–Crippen MR) is 69.4 cm³/mol. The fourth-order valence-electron chi connectivity index (χ4n) is 2.27. The van der Waals surface area contributed by atoms with Gasteiger partial charge in [0.05, 0.1) is 6.33 Å². The molecule has 2 nitrogen and oxygen atoms in total. The Morgan fingerprint density at radius 2 is 2.00 bits per heavy atom. The molecule has 0 fully saturated rings. The summed E-state index contributed by atoms with van der Waals surface area (Å²) in [4.78, 5) is 4.11. The normalized spacial score (nSPS) is 14.2. The first-order valence-corrected chi connectivity index (χ1v) is 5.73. The van der Waals surface area contributed by atoms with Crippen LogP contribution in [0.3, 0.4) is 0 Å². The average Bonchev–Trinajstić information content (AvgIpc) is 2.86.